The molecule has 6 heteroatoms. The number of para-hydroxylation sites is 1. The molecule has 17 heavy (non-hydrogen) atoms. The lowest BCUT2D eigenvalue weighted by molar-refractivity contribution is 0.0796. The average Bonchev–Trinajstić information content (AvgIpc) is 2.31. The third kappa shape index (κ3) is 2.87. The molecule has 0 spiro atoms. The molecule has 0 unspecified atom stereocenters. The maximum atomic E-state index is 12.0. The summed E-state index contributed by atoms with van der Waals surface area (Å²) < 4.78 is 0. The van der Waals surface area contributed by atoms with E-state index in [-0.39, 0.29) is 29.4 Å². The van der Waals surface area contributed by atoms with E-state index in [4.69, 9.17) is 27.9 Å². The molecule has 0 aliphatic rings. The number of hydrogen-bond donors (Lipinski definition) is 1. The van der Waals surface area contributed by atoms with Gasteiger partial charge in [0.15, 0.2) is 0 Å². The van der Waals surface area contributed by atoms with Crippen LogP contribution in [0.3, 0.4) is 0 Å². The summed E-state index contributed by atoms with van der Waals surface area (Å²) in [5, 5.41) is 17.4. The summed E-state index contributed by atoms with van der Waals surface area (Å²) in [6.07, 6.45) is 0. The van der Waals surface area contributed by atoms with Crippen molar-refractivity contribution in [1.82, 2.24) is 4.90 Å². The normalized spacial score (nSPS) is 9.12. The number of rotatable bonds is 3. The Morgan fingerprint density at radius 3 is 2.47 bits per heavy atom. The number of benzene rings is 1. The number of carbonyl (C=O) groups excluding carboxylic acids is 1. The Labute approximate surface area is 104 Å². The summed E-state index contributed by atoms with van der Waals surface area (Å²) in [4.78, 5) is 13.1. The smallest absolute Gasteiger partial charge is 0.257 e. The van der Waals surface area contributed by atoms with Crippen molar-refractivity contribution in [2.75, 3.05) is 18.8 Å². The van der Waals surface area contributed by atoms with Crippen molar-refractivity contribution >= 4 is 23.2 Å². The van der Waals surface area contributed by atoms with Gasteiger partial charge in [-0.25, -0.2) is 0 Å². The Hall–Kier alpha value is -2.24. The van der Waals surface area contributed by atoms with E-state index in [0.717, 1.165) is 4.90 Å². The van der Waals surface area contributed by atoms with Gasteiger partial charge in [0.1, 0.15) is 13.1 Å². The van der Waals surface area contributed by atoms with E-state index in [1.54, 1.807) is 12.1 Å². The maximum Gasteiger partial charge on any atom is 0.257 e. The molecule has 0 atom stereocenters. The number of carbonyl (C=O) groups is 1. The topological polar surface area (TPSA) is 93.9 Å². The van der Waals surface area contributed by atoms with E-state index in [9.17, 15) is 4.79 Å². The zero-order valence-corrected chi connectivity index (χ0v) is 9.61. The van der Waals surface area contributed by atoms with Crippen LogP contribution < -0.4 is 5.73 Å². The molecule has 0 aromatic heterocycles. The van der Waals surface area contributed by atoms with Crippen LogP contribution in [0.5, 0.6) is 0 Å². The predicted molar refractivity (Wildman–Crippen MR) is 63.0 cm³/mol. The number of nitrogens with zero attached hydrogens (tertiary/aromatic N) is 3. The minimum atomic E-state index is -0.479. The van der Waals surface area contributed by atoms with Gasteiger partial charge in [-0.1, -0.05) is 17.7 Å². The van der Waals surface area contributed by atoms with Gasteiger partial charge < -0.3 is 10.6 Å². The molecule has 0 aliphatic carbocycles. The Balaban J connectivity index is 3.07. The van der Waals surface area contributed by atoms with Gasteiger partial charge in [-0.15, -0.1) is 0 Å². The van der Waals surface area contributed by atoms with Gasteiger partial charge >= 0.3 is 0 Å². The van der Waals surface area contributed by atoms with Crippen LogP contribution in [0.4, 0.5) is 5.69 Å². The molecular formula is C11H9ClN4O. The number of hydrogen-bond acceptors (Lipinski definition) is 4. The molecule has 5 nitrogen and oxygen atoms in total. The zero-order chi connectivity index (χ0) is 12.8. The predicted octanol–water partition coefficient (Wildman–Crippen LogP) is 1.41. The average molecular weight is 249 g/mol. The molecule has 0 saturated carbocycles. The lowest BCUT2D eigenvalue weighted by Gasteiger charge is -2.17. The number of amides is 1. The van der Waals surface area contributed by atoms with Gasteiger partial charge in [-0.05, 0) is 12.1 Å². The minimum Gasteiger partial charge on any atom is -0.397 e. The minimum absolute atomic E-state index is 0.153. The van der Waals surface area contributed by atoms with Crippen LogP contribution in [0.15, 0.2) is 18.2 Å². The second kappa shape index (κ2) is 5.74. The Morgan fingerprint density at radius 2 is 1.94 bits per heavy atom. The Morgan fingerprint density at radius 1 is 1.35 bits per heavy atom. The van der Waals surface area contributed by atoms with Crippen molar-refractivity contribution in [1.29, 1.82) is 10.5 Å². The lowest BCUT2D eigenvalue weighted by Crippen LogP contribution is -2.32. The van der Waals surface area contributed by atoms with Crippen LogP contribution in [0.1, 0.15) is 10.4 Å². The molecule has 0 radical (unpaired) electrons. The highest BCUT2D eigenvalue weighted by Gasteiger charge is 2.18. The van der Waals surface area contributed by atoms with Crippen LogP contribution >= 0.6 is 11.6 Å². The number of nitrogen functional groups attached to an aromatic ring is 1. The highest BCUT2D eigenvalue weighted by Crippen LogP contribution is 2.23. The Kier molecular flexibility index (Phi) is 4.33. The molecular weight excluding hydrogens is 240 g/mol. The van der Waals surface area contributed by atoms with Gasteiger partial charge in [-0.3, -0.25) is 4.79 Å². The van der Waals surface area contributed by atoms with Gasteiger partial charge in [0, 0.05) is 0 Å². The van der Waals surface area contributed by atoms with E-state index in [1.807, 2.05) is 12.1 Å². The quantitative estimate of drug-likeness (QED) is 0.646. The first kappa shape index (κ1) is 12.8. The first-order valence-corrected chi connectivity index (χ1v) is 5.06. The van der Waals surface area contributed by atoms with E-state index in [2.05, 4.69) is 0 Å². The molecule has 0 fully saturated rings. The summed E-state index contributed by atoms with van der Waals surface area (Å²) in [6, 6.07) is 8.29. The summed E-state index contributed by atoms with van der Waals surface area (Å²) in [7, 11) is 0. The van der Waals surface area contributed by atoms with Crippen molar-refractivity contribution in [3.8, 4) is 12.1 Å². The zero-order valence-electron chi connectivity index (χ0n) is 8.85. The monoisotopic (exact) mass is 248 g/mol. The van der Waals surface area contributed by atoms with Gasteiger partial charge in [0.25, 0.3) is 5.91 Å². The number of nitriles is 2. The van der Waals surface area contributed by atoms with Gasteiger partial charge in [-0.2, -0.15) is 10.5 Å². The highest BCUT2D eigenvalue weighted by molar-refractivity contribution is 6.33. The molecule has 0 aliphatic heterocycles. The van der Waals surface area contributed by atoms with Crippen LogP contribution in [0.25, 0.3) is 0 Å². The molecule has 1 aromatic carbocycles. The third-order valence-corrected chi connectivity index (χ3v) is 2.42. The molecule has 2 N–H and O–H groups in total. The first-order chi connectivity index (χ1) is 8.11. The number of halogens is 1. The molecule has 1 amide bonds. The van der Waals surface area contributed by atoms with Gasteiger partial charge in [0.05, 0.1) is 28.4 Å². The fourth-order valence-corrected chi connectivity index (χ4v) is 1.44. The fourth-order valence-electron chi connectivity index (χ4n) is 1.26. The third-order valence-electron chi connectivity index (χ3n) is 2.09. The summed E-state index contributed by atoms with van der Waals surface area (Å²) in [6.45, 7) is -0.337. The molecule has 0 heterocycles. The molecule has 1 aromatic rings. The van der Waals surface area contributed by atoms with E-state index < -0.39 is 5.91 Å². The number of anilines is 1. The van der Waals surface area contributed by atoms with Crippen molar-refractivity contribution in [3.05, 3.63) is 28.8 Å². The van der Waals surface area contributed by atoms with Crippen LogP contribution in [-0.2, 0) is 0 Å². The largest absolute Gasteiger partial charge is 0.397 e. The van der Waals surface area contributed by atoms with Gasteiger partial charge in [0.2, 0.25) is 0 Å². The van der Waals surface area contributed by atoms with Crippen molar-refractivity contribution in [2.45, 2.75) is 0 Å². The molecule has 1 rings (SSSR count). The van der Waals surface area contributed by atoms with E-state index in [0.29, 0.717) is 0 Å². The van der Waals surface area contributed by atoms with Crippen LogP contribution in [0.2, 0.25) is 5.02 Å². The Bertz CT molecular complexity index is 499. The van der Waals surface area contributed by atoms with Crippen molar-refractivity contribution in [3.63, 3.8) is 0 Å². The fraction of sp³-hybridized carbons (Fsp3) is 0.182. The van der Waals surface area contributed by atoms with Crippen molar-refractivity contribution in [2.24, 2.45) is 0 Å². The van der Waals surface area contributed by atoms with Crippen LogP contribution in [0, 0.1) is 22.7 Å². The highest BCUT2D eigenvalue weighted by atomic mass is 35.5. The summed E-state index contributed by atoms with van der Waals surface area (Å²) >= 11 is 5.79. The first-order valence-electron chi connectivity index (χ1n) is 4.69. The lowest BCUT2D eigenvalue weighted by atomic mass is 10.1. The maximum absolute atomic E-state index is 12.0. The number of nitrogens with two attached hydrogens (primary N) is 1. The summed E-state index contributed by atoms with van der Waals surface area (Å²) in [5.74, 6) is -0.479. The SMILES string of the molecule is N#CCN(CC#N)C(=O)c1cccc(Cl)c1N. The van der Waals surface area contributed by atoms with Crippen molar-refractivity contribution < 1.29 is 4.79 Å². The molecule has 0 saturated heterocycles. The molecule has 86 valence electrons. The van der Waals surface area contributed by atoms with Crippen LogP contribution in [-0.4, -0.2) is 23.9 Å². The second-order valence-electron chi connectivity index (χ2n) is 3.18. The summed E-state index contributed by atoms with van der Waals surface area (Å²) in [5.41, 5.74) is 6.02. The van der Waals surface area contributed by atoms with E-state index >= 15 is 0 Å². The molecule has 0 bridgehead atoms. The van der Waals surface area contributed by atoms with E-state index in [1.165, 1.54) is 6.07 Å². The standard InChI is InChI=1S/C11H9ClN4O/c12-9-3-1-2-8(10(9)15)11(17)16(6-4-13)7-5-14/h1-3H,6-7,15H2. The second-order valence-corrected chi connectivity index (χ2v) is 3.59.